The summed E-state index contributed by atoms with van der Waals surface area (Å²) in [6.07, 6.45) is 8.12. The third kappa shape index (κ3) is 2.78. The predicted octanol–water partition coefficient (Wildman–Crippen LogP) is 4.52. The first-order chi connectivity index (χ1) is 14.2. The van der Waals surface area contributed by atoms with Crippen LogP contribution < -0.4 is 0 Å². The Morgan fingerprint density at radius 1 is 1.07 bits per heavy atom. The molecule has 0 radical (unpaired) electrons. The van der Waals surface area contributed by atoms with Crippen LogP contribution in [0, 0.1) is 0 Å². The van der Waals surface area contributed by atoms with Crippen molar-refractivity contribution in [3.63, 3.8) is 0 Å². The van der Waals surface area contributed by atoms with E-state index < -0.39 is 17.7 Å². The molecule has 2 fully saturated rings. The molecule has 6 heteroatoms. The maximum absolute atomic E-state index is 13.1. The van der Waals surface area contributed by atoms with Gasteiger partial charge in [0.1, 0.15) is 17.6 Å². The molecule has 29 heavy (non-hydrogen) atoms. The lowest BCUT2D eigenvalue weighted by molar-refractivity contribution is -0.142. The second-order valence-corrected chi connectivity index (χ2v) is 7.76. The van der Waals surface area contributed by atoms with Crippen LogP contribution in [0.2, 0.25) is 0 Å². The predicted molar refractivity (Wildman–Crippen MR) is 108 cm³/mol. The van der Waals surface area contributed by atoms with Gasteiger partial charge in [0.2, 0.25) is 0 Å². The summed E-state index contributed by atoms with van der Waals surface area (Å²) in [4.78, 5) is 30.9. The van der Waals surface area contributed by atoms with E-state index in [1.165, 1.54) is 6.26 Å². The lowest BCUT2D eigenvalue weighted by atomic mass is 9.92. The van der Waals surface area contributed by atoms with Gasteiger partial charge < -0.3 is 19.4 Å². The Hall–Kier alpha value is -3.28. The van der Waals surface area contributed by atoms with Gasteiger partial charge in [0.25, 0.3) is 11.7 Å². The average molecular weight is 390 g/mol. The molecule has 3 heterocycles. The number of fused-ring (bicyclic) bond motifs is 1. The molecular weight excluding hydrogens is 368 g/mol. The van der Waals surface area contributed by atoms with Gasteiger partial charge in [0.15, 0.2) is 0 Å². The van der Waals surface area contributed by atoms with Gasteiger partial charge in [-0.2, -0.15) is 0 Å². The lowest BCUT2D eigenvalue weighted by Gasteiger charge is -2.34. The van der Waals surface area contributed by atoms with Crippen molar-refractivity contribution < 1.29 is 19.1 Å². The molecule has 2 aromatic heterocycles. The molecular formula is C23H22N2O4. The number of H-pyrrole nitrogens is 1. The molecule has 1 saturated carbocycles. The molecule has 1 amide bonds. The fourth-order valence-electron chi connectivity index (χ4n) is 4.72. The van der Waals surface area contributed by atoms with E-state index in [4.69, 9.17) is 4.42 Å². The van der Waals surface area contributed by atoms with Crippen molar-refractivity contribution in [3.05, 3.63) is 65.8 Å². The maximum atomic E-state index is 13.1. The number of nitrogens with one attached hydrogen (secondary N) is 1. The summed E-state index contributed by atoms with van der Waals surface area (Å²) in [5, 5.41) is 12.0. The van der Waals surface area contributed by atoms with Gasteiger partial charge in [0.05, 0.1) is 11.8 Å². The zero-order valence-electron chi connectivity index (χ0n) is 15.9. The van der Waals surface area contributed by atoms with Gasteiger partial charge in [0, 0.05) is 28.7 Å². The summed E-state index contributed by atoms with van der Waals surface area (Å²) in [6.45, 7) is 0. The number of furan rings is 1. The number of para-hydroxylation sites is 1. The first-order valence-corrected chi connectivity index (χ1v) is 10.1. The summed E-state index contributed by atoms with van der Waals surface area (Å²) < 4.78 is 5.62. The molecule has 1 atom stereocenters. The number of aliphatic hydroxyl groups is 1. The van der Waals surface area contributed by atoms with Crippen molar-refractivity contribution in [2.75, 3.05) is 0 Å². The number of amides is 1. The Kier molecular flexibility index (Phi) is 4.27. The topological polar surface area (TPSA) is 86.5 Å². The standard InChI is InChI=1S/C23H22N2O4/c26-21(16-13-24-17-10-5-4-9-15(16)17)19-20(18-11-6-12-29-18)25(23(28)22(19)27)14-7-2-1-3-8-14/h4-6,9-14,20,24,26H,1-3,7-8H2/b21-19-. The van der Waals surface area contributed by atoms with Crippen molar-refractivity contribution in [1.82, 2.24) is 9.88 Å². The van der Waals surface area contributed by atoms with Crippen molar-refractivity contribution in [1.29, 1.82) is 0 Å². The molecule has 148 valence electrons. The summed E-state index contributed by atoms with van der Waals surface area (Å²) in [5.74, 6) is -0.879. The Morgan fingerprint density at radius 3 is 2.62 bits per heavy atom. The van der Waals surface area contributed by atoms with Gasteiger partial charge in [-0.1, -0.05) is 37.5 Å². The third-order valence-electron chi connectivity index (χ3n) is 6.11. The van der Waals surface area contributed by atoms with E-state index in [2.05, 4.69) is 4.98 Å². The largest absolute Gasteiger partial charge is 0.507 e. The van der Waals surface area contributed by atoms with E-state index in [0.717, 1.165) is 43.0 Å². The number of aromatic amines is 1. The summed E-state index contributed by atoms with van der Waals surface area (Å²) in [6, 6.07) is 10.3. The second kappa shape index (κ2) is 6.95. The van der Waals surface area contributed by atoms with Crippen LogP contribution in [0.5, 0.6) is 0 Å². The zero-order valence-corrected chi connectivity index (χ0v) is 15.9. The molecule has 1 unspecified atom stereocenters. The third-order valence-corrected chi connectivity index (χ3v) is 6.11. The highest BCUT2D eigenvalue weighted by atomic mass is 16.3. The molecule has 2 N–H and O–H groups in total. The number of rotatable bonds is 3. The highest BCUT2D eigenvalue weighted by Gasteiger charge is 2.50. The van der Waals surface area contributed by atoms with Crippen LogP contribution in [0.3, 0.4) is 0 Å². The number of ketones is 1. The number of aromatic nitrogens is 1. The minimum atomic E-state index is -0.707. The number of Topliss-reactive ketones (excluding diaryl/α,β-unsaturated/α-hetero) is 1. The fourth-order valence-corrected chi connectivity index (χ4v) is 4.72. The highest BCUT2D eigenvalue weighted by Crippen LogP contribution is 2.43. The van der Waals surface area contributed by atoms with Gasteiger partial charge in [-0.15, -0.1) is 0 Å². The maximum Gasteiger partial charge on any atom is 0.296 e. The number of carbonyl (C=O) groups is 2. The number of benzene rings is 1. The lowest BCUT2D eigenvalue weighted by Crippen LogP contribution is -2.40. The molecule has 6 nitrogen and oxygen atoms in total. The Morgan fingerprint density at radius 2 is 1.86 bits per heavy atom. The highest BCUT2D eigenvalue weighted by molar-refractivity contribution is 6.46. The molecule has 1 aliphatic carbocycles. The van der Waals surface area contributed by atoms with Gasteiger partial charge in [-0.3, -0.25) is 9.59 Å². The number of likely N-dealkylation sites (tertiary alicyclic amines) is 1. The smallest absolute Gasteiger partial charge is 0.296 e. The number of nitrogens with zero attached hydrogens (tertiary/aromatic N) is 1. The minimum absolute atomic E-state index is 0.0245. The van der Waals surface area contributed by atoms with E-state index >= 15 is 0 Å². The SMILES string of the molecule is O=C1C(=O)N(C2CCCCC2)C(c2ccco2)/C1=C(/O)c1c[nH]c2ccccc12. The Balaban J connectivity index is 1.68. The van der Waals surface area contributed by atoms with Crippen LogP contribution in [0.4, 0.5) is 0 Å². The van der Waals surface area contributed by atoms with Crippen LogP contribution in [0.1, 0.15) is 49.5 Å². The number of hydrogen-bond donors (Lipinski definition) is 2. The minimum Gasteiger partial charge on any atom is -0.507 e. The number of hydrogen-bond acceptors (Lipinski definition) is 4. The Labute approximate surface area is 167 Å². The summed E-state index contributed by atoms with van der Waals surface area (Å²) >= 11 is 0. The summed E-state index contributed by atoms with van der Waals surface area (Å²) in [7, 11) is 0. The molecule has 1 aromatic carbocycles. The monoisotopic (exact) mass is 390 g/mol. The zero-order chi connectivity index (χ0) is 20.0. The van der Waals surface area contributed by atoms with Crippen LogP contribution in [-0.2, 0) is 9.59 Å². The number of aliphatic hydroxyl groups excluding tert-OH is 1. The van der Waals surface area contributed by atoms with Crippen molar-refractivity contribution >= 4 is 28.4 Å². The first kappa shape index (κ1) is 17.8. The average Bonchev–Trinajstić information content (AvgIpc) is 3.47. The van der Waals surface area contributed by atoms with Crippen LogP contribution in [0.15, 0.2) is 58.8 Å². The van der Waals surface area contributed by atoms with E-state index in [1.54, 1.807) is 23.2 Å². The molecule has 3 aromatic rings. The quantitative estimate of drug-likeness (QED) is 0.391. The Bertz CT molecular complexity index is 1100. The van der Waals surface area contributed by atoms with E-state index in [1.807, 2.05) is 24.3 Å². The van der Waals surface area contributed by atoms with Crippen molar-refractivity contribution in [2.45, 2.75) is 44.2 Å². The summed E-state index contributed by atoms with van der Waals surface area (Å²) in [5.41, 5.74) is 1.46. The normalized spacial score (nSPS) is 22.6. The van der Waals surface area contributed by atoms with Gasteiger partial charge in [-0.05, 0) is 31.0 Å². The van der Waals surface area contributed by atoms with E-state index in [9.17, 15) is 14.7 Å². The molecule has 1 saturated heterocycles. The van der Waals surface area contributed by atoms with Crippen LogP contribution >= 0.6 is 0 Å². The van der Waals surface area contributed by atoms with Crippen LogP contribution in [0.25, 0.3) is 16.7 Å². The van der Waals surface area contributed by atoms with Crippen molar-refractivity contribution in [3.8, 4) is 0 Å². The molecule has 0 spiro atoms. The second-order valence-electron chi connectivity index (χ2n) is 7.76. The van der Waals surface area contributed by atoms with Gasteiger partial charge >= 0.3 is 0 Å². The van der Waals surface area contributed by atoms with E-state index in [0.29, 0.717) is 11.3 Å². The fraction of sp³-hybridized carbons (Fsp3) is 0.304. The molecule has 5 rings (SSSR count). The first-order valence-electron chi connectivity index (χ1n) is 10.1. The van der Waals surface area contributed by atoms with Gasteiger partial charge in [-0.25, -0.2) is 0 Å². The molecule has 0 bridgehead atoms. The van der Waals surface area contributed by atoms with Crippen LogP contribution in [-0.4, -0.2) is 32.7 Å². The van der Waals surface area contributed by atoms with Crippen molar-refractivity contribution in [2.24, 2.45) is 0 Å². The molecule has 2 aliphatic rings. The molecule has 1 aliphatic heterocycles. The van der Waals surface area contributed by atoms with E-state index in [-0.39, 0.29) is 17.4 Å². The number of carbonyl (C=O) groups excluding carboxylic acids is 2.